The van der Waals surface area contributed by atoms with Crippen molar-refractivity contribution in [2.45, 2.75) is 39.5 Å². The molecule has 0 saturated heterocycles. The predicted octanol–water partition coefficient (Wildman–Crippen LogP) is 3.27. The van der Waals surface area contributed by atoms with Gasteiger partial charge in [-0.2, -0.15) is 0 Å². The molecule has 68 valence electrons. The van der Waals surface area contributed by atoms with Crippen LogP contribution in [0.4, 0.5) is 0 Å². The lowest BCUT2D eigenvalue weighted by atomic mass is 10.0. The summed E-state index contributed by atoms with van der Waals surface area (Å²) in [6.45, 7) is 7.56. The molecule has 0 spiro atoms. The van der Waals surface area contributed by atoms with Crippen LogP contribution in [0.3, 0.4) is 0 Å². The summed E-state index contributed by atoms with van der Waals surface area (Å²) in [5.41, 5.74) is 0.972. The van der Waals surface area contributed by atoms with Crippen molar-refractivity contribution >= 4 is 5.78 Å². The SMILES string of the molecule is C=CCCC=C(CC)C(=O)CC. The molecule has 12 heavy (non-hydrogen) atoms. The Labute approximate surface area is 75.2 Å². The molecule has 0 rings (SSSR count). The highest BCUT2D eigenvalue weighted by Crippen LogP contribution is 2.07. The van der Waals surface area contributed by atoms with Crippen LogP contribution >= 0.6 is 0 Å². The van der Waals surface area contributed by atoms with Crippen LogP contribution in [0, 0.1) is 0 Å². The summed E-state index contributed by atoms with van der Waals surface area (Å²) in [7, 11) is 0. The lowest BCUT2D eigenvalue weighted by Gasteiger charge is -1.99. The molecule has 0 fully saturated rings. The lowest BCUT2D eigenvalue weighted by Crippen LogP contribution is -1.98. The number of rotatable bonds is 6. The number of unbranched alkanes of at least 4 members (excludes halogenated alkanes) is 1. The molecule has 0 unspecified atom stereocenters. The third-order valence-corrected chi connectivity index (χ3v) is 1.82. The fourth-order valence-electron chi connectivity index (χ4n) is 1.06. The summed E-state index contributed by atoms with van der Waals surface area (Å²) in [6.07, 6.45) is 7.28. The summed E-state index contributed by atoms with van der Waals surface area (Å²) >= 11 is 0. The Morgan fingerprint density at radius 3 is 2.33 bits per heavy atom. The first-order valence-corrected chi connectivity index (χ1v) is 4.59. The van der Waals surface area contributed by atoms with Gasteiger partial charge >= 0.3 is 0 Å². The highest BCUT2D eigenvalue weighted by molar-refractivity contribution is 5.94. The Bertz CT molecular complexity index is 177. The van der Waals surface area contributed by atoms with Crippen LogP contribution in [0.5, 0.6) is 0 Å². The van der Waals surface area contributed by atoms with E-state index in [1.165, 1.54) is 0 Å². The second kappa shape index (κ2) is 6.84. The molecule has 0 aromatic carbocycles. The first-order chi connectivity index (χ1) is 5.76. The van der Waals surface area contributed by atoms with Crippen LogP contribution in [0.15, 0.2) is 24.3 Å². The quantitative estimate of drug-likeness (QED) is 0.336. The van der Waals surface area contributed by atoms with E-state index in [-0.39, 0.29) is 5.78 Å². The van der Waals surface area contributed by atoms with Gasteiger partial charge in [0, 0.05) is 6.42 Å². The molecule has 1 nitrogen and oxygen atoms in total. The molecule has 0 aliphatic heterocycles. The van der Waals surface area contributed by atoms with Crippen molar-refractivity contribution in [1.82, 2.24) is 0 Å². The molecule has 0 aromatic heterocycles. The fraction of sp³-hybridized carbons (Fsp3) is 0.545. The summed E-state index contributed by atoms with van der Waals surface area (Å²) in [5.74, 6) is 0.279. The van der Waals surface area contributed by atoms with E-state index in [2.05, 4.69) is 6.58 Å². The van der Waals surface area contributed by atoms with Crippen molar-refractivity contribution in [3.63, 3.8) is 0 Å². The molecule has 0 radical (unpaired) electrons. The summed E-state index contributed by atoms with van der Waals surface area (Å²) < 4.78 is 0. The monoisotopic (exact) mass is 166 g/mol. The average Bonchev–Trinajstić information content (AvgIpc) is 2.11. The van der Waals surface area contributed by atoms with E-state index in [0.717, 1.165) is 24.8 Å². The van der Waals surface area contributed by atoms with Gasteiger partial charge in [0.15, 0.2) is 5.78 Å². The number of allylic oxidation sites excluding steroid dienone is 3. The van der Waals surface area contributed by atoms with Gasteiger partial charge in [0.05, 0.1) is 0 Å². The van der Waals surface area contributed by atoms with E-state index in [0.29, 0.717) is 6.42 Å². The maximum absolute atomic E-state index is 11.2. The standard InChI is InChI=1S/C11H18O/c1-4-7-8-9-10(5-2)11(12)6-3/h4,9H,1,5-8H2,2-3H3. The van der Waals surface area contributed by atoms with Gasteiger partial charge in [-0.1, -0.05) is 26.0 Å². The largest absolute Gasteiger partial charge is 0.295 e. The molecular weight excluding hydrogens is 148 g/mol. The van der Waals surface area contributed by atoms with E-state index in [4.69, 9.17) is 0 Å². The van der Waals surface area contributed by atoms with Crippen LogP contribution in [0.2, 0.25) is 0 Å². The number of carbonyl (C=O) groups excluding carboxylic acids is 1. The molecule has 0 saturated carbocycles. The Morgan fingerprint density at radius 1 is 1.25 bits per heavy atom. The predicted molar refractivity (Wildman–Crippen MR) is 53.1 cm³/mol. The smallest absolute Gasteiger partial charge is 0.158 e. The van der Waals surface area contributed by atoms with E-state index in [9.17, 15) is 4.79 Å². The highest BCUT2D eigenvalue weighted by Gasteiger charge is 2.02. The van der Waals surface area contributed by atoms with E-state index >= 15 is 0 Å². The second-order valence-electron chi connectivity index (χ2n) is 2.73. The summed E-state index contributed by atoms with van der Waals surface area (Å²) in [6, 6.07) is 0. The van der Waals surface area contributed by atoms with E-state index in [1.807, 2.05) is 26.0 Å². The van der Waals surface area contributed by atoms with Crippen LogP contribution in [-0.4, -0.2) is 5.78 Å². The third kappa shape index (κ3) is 4.12. The van der Waals surface area contributed by atoms with Gasteiger partial charge in [0.2, 0.25) is 0 Å². The van der Waals surface area contributed by atoms with Gasteiger partial charge in [-0.25, -0.2) is 0 Å². The van der Waals surface area contributed by atoms with Gasteiger partial charge in [-0.3, -0.25) is 4.79 Å². The number of hydrogen-bond donors (Lipinski definition) is 0. The minimum absolute atomic E-state index is 0.279. The third-order valence-electron chi connectivity index (χ3n) is 1.82. The number of Topliss-reactive ketones (excluding diaryl/α,β-unsaturated/α-hetero) is 1. The molecule has 0 bridgehead atoms. The number of carbonyl (C=O) groups is 1. The van der Waals surface area contributed by atoms with Crippen LogP contribution < -0.4 is 0 Å². The molecule has 0 aliphatic rings. The van der Waals surface area contributed by atoms with Crippen LogP contribution in [0.1, 0.15) is 39.5 Å². The second-order valence-corrected chi connectivity index (χ2v) is 2.73. The molecule has 0 amide bonds. The van der Waals surface area contributed by atoms with Gasteiger partial charge < -0.3 is 0 Å². The van der Waals surface area contributed by atoms with Crippen molar-refractivity contribution in [1.29, 1.82) is 0 Å². The summed E-state index contributed by atoms with van der Waals surface area (Å²) in [4.78, 5) is 11.2. The van der Waals surface area contributed by atoms with E-state index < -0.39 is 0 Å². The van der Waals surface area contributed by atoms with Crippen LogP contribution in [-0.2, 0) is 4.79 Å². The highest BCUT2D eigenvalue weighted by atomic mass is 16.1. The zero-order valence-electron chi connectivity index (χ0n) is 8.10. The molecule has 0 N–H and O–H groups in total. The molecule has 0 atom stereocenters. The van der Waals surface area contributed by atoms with E-state index in [1.54, 1.807) is 0 Å². The van der Waals surface area contributed by atoms with Gasteiger partial charge in [-0.15, -0.1) is 6.58 Å². The van der Waals surface area contributed by atoms with Crippen molar-refractivity contribution in [2.24, 2.45) is 0 Å². The number of ketones is 1. The maximum Gasteiger partial charge on any atom is 0.158 e. The Hall–Kier alpha value is -0.850. The van der Waals surface area contributed by atoms with Crippen LogP contribution in [0.25, 0.3) is 0 Å². The fourth-order valence-corrected chi connectivity index (χ4v) is 1.06. The molecule has 1 heteroatoms. The number of hydrogen-bond acceptors (Lipinski definition) is 1. The Balaban J connectivity index is 4.03. The van der Waals surface area contributed by atoms with Gasteiger partial charge in [0.25, 0.3) is 0 Å². The average molecular weight is 166 g/mol. The summed E-state index contributed by atoms with van der Waals surface area (Å²) in [5, 5.41) is 0. The normalized spacial score (nSPS) is 11.3. The lowest BCUT2D eigenvalue weighted by molar-refractivity contribution is -0.115. The Morgan fingerprint density at radius 2 is 1.92 bits per heavy atom. The molecule has 0 heterocycles. The zero-order valence-corrected chi connectivity index (χ0v) is 8.10. The molecule has 0 aliphatic carbocycles. The zero-order chi connectivity index (χ0) is 9.40. The first kappa shape index (κ1) is 11.2. The van der Waals surface area contributed by atoms with Gasteiger partial charge in [0.1, 0.15) is 0 Å². The van der Waals surface area contributed by atoms with Crippen molar-refractivity contribution < 1.29 is 4.79 Å². The van der Waals surface area contributed by atoms with Gasteiger partial charge in [-0.05, 0) is 24.8 Å². The topological polar surface area (TPSA) is 17.1 Å². The van der Waals surface area contributed by atoms with Crippen molar-refractivity contribution in [3.05, 3.63) is 24.3 Å². The molecule has 0 aromatic rings. The minimum atomic E-state index is 0.279. The first-order valence-electron chi connectivity index (χ1n) is 4.59. The molecular formula is C11H18O. The Kier molecular flexibility index (Phi) is 6.35. The van der Waals surface area contributed by atoms with Crippen molar-refractivity contribution in [3.8, 4) is 0 Å². The van der Waals surface area contributed by atoms with Crippen molar-refractivity contribution in [2.75, 3.05) is 0 Å². The minimum Gasteiger partial charge on any atom is -0.295 e. The maximum atomic E-state index is 11.2.